The van der Waals surface area contributed by atoms with Crippen LogP contribution in [0.3, 0.4) is 0 Å². The molecule has 0 fully saturated rings. The van der Waals surface area contributed by atoms with E-state index in [9.17, 15) is 19.5 Å². The van der Waals surface area contributed by atoms with Crippen LogP contribution in [-0.4, -0.2) is 70.9 Å². The highest BCUT2D eigenvalue weighted by atomic mass is 28.4. The van der Waals surface area contributed by atoms with E-state index < -0.39 is 38.3 Å². The van der Waals surface area contributed by atoms with Gasteiger partial charge in [0.05, 0.1) is 24.4 Å². The third kappa shape index (κ3) is 7.38. The maximum absolute atomic E-state index is 14.4. The molecule has 1 N–H and O–H groups in total. The molecule has 9 heteroatoms. The number of nitrogens with zero attached hydrogens (tertiary/aromatic N) is 3. The summed E-state index contributed by atoms with van der Waals surface area (Å²) in [6.45, 7) is 17.2. The number of aliphatic hydroxyl groups excluding tert-OH is 1. The van der Waals surface area contributed by atoms with Crippen molar-refractivity contribution >= 4 is 31.7 Å². The van der Waals surface area contributed by atoms with Crippen molar-refractivity contribution in [3.05, 3.63) is 78.0 Å². The Labute approximate surface area is 252 Å². The van der Waals surface area contributed by atoms with Gasteiger partial charge in [-0.3, -0.25) is 14.4 Å². The average Bonchev–Trinajstić information content (AvgIpc) is 2.91. The molecule has 1 aliphatic heterocycles. The Kier molecular flexibility index (Phi) is 10.6. The van der Waals surface area contributed by atoms with E-state index in [1.807, 2.05) is 74.5 Å². The van der Waals surface area contributed by atoms with E-state index in [0.29, 0.717) is 11.3 Å². The molecule has 3 rings (SSSR count). The summed E-state index contributed by atoms with van der Waals surface area (Å²) in [7, 11) is -2.23. The average molecular weight is 594 g/mol. The van der Waals surface area contributed by atoms with Crippen molar-refractivity contribution in [1.82, 2.24) is 14.9 Å². The van der Waals surface area contributed by atoms with E-state index in [1.54, 1.807) is 6.20 Å². The Morgan fingerprint density at radius 2 is 1.55 bits per heavy atom. The predicted octanol–water partition coefficient (Wildman–Crippen LogP) is 5.46. The highest BCUT2D eigenvalue weighted by molar-refractivity contribution is 6.74. The first kappa shape index (κ1) is 33.2. The van der Waals surface area contributed by atoms with Crippen molar-refractivity contribution in [3.63, 3.8) is 0 Å². The number of hydrazine groups is 1. The zero-order valence-corrected chi connectivity index (χ0v) is 27.5. The number of carbonyl (C=O) groups excluding carboxylic acids is 3. The van der Waals surface area contributed by atoms with Crippen molar-refractivity contribution in [2.45, 2.75) is 91.2 Å². The van der Waals surface area contributed by atoms with E-state index in [1.165, 1.54) is 28.8 Å². The van der Waals surface area contributed by atoms with Crippen LogP contribution in [0.15, 0.2) is 66.9 Å². The fourth-order valence-corrected chi connectivity index (χ4v) is 5.96. The molecule has 0 saturated heterocycles. The number of rotatable bonds is 10. The van der Waals surface area contributed by atoms with E-state index in [2.05, 4.69) is 33.9 Å². The molecule has 2 aromatic rings. The van der Waals surface area contributed by atoms with Crippen LogP contribution in [0.5, 0.6) is 0 Å². The Morgan fingerprint density at radius 3 is 2.02 bits per heavy atom. The maximum atomic E-state index is 14.4. The van der Waals surface area contributed by atoms with Crippen LogP contribution in [-0.2, 0) is 25.2 Å². The number of benzene rings is 2. The number of hydrogen-bond donors (Lipinski definition) is 1. The molecule has 228 valence electrons. The lowest BCUT2D eigenvalue weighted by Crippen LogP contribution is -2.64. The standard InChI is InChI=1S/C33H47N3O5Si/c1-23(2)31-32(40)36(29(21-34(31)24(3)37)27-18-14-11-15-19-27)35(25(4)38)28(20-26-16-12-10-13-17-26)30(39)22-41-42(8,9)33(5,6)7/h10-19,21,23,28,30-31,39H,20,22H2,1-9H3/t28-,30?,31+/m0/s1. The zero-order valence-electron chi connectivity index (χ0n) is 26.5. The zero-order chi connectivity index (χ0) is 31.4. The first-order chi connectivity index (χ1) is 19.6. The number of amides is 3. The molecular formula is C33H47N3O5Si. The van der Waals surface area contributed by atoms with Gasteiger partial charge < -0.3 is 14.4 Å². The normalized spacial score (nSPS) is 17.6. The van der Waals surface area contributed by atoms with Crippen molar-refractivity contribution in [2.24, 2.45) is 5.92 Å². The molecule has 0 bridgehead atoms. The lowest BCUT2D eigenvalue weighted by molar-refractivity contribution is -0.171. The summed E-state index contributed by atoms with van der Waals surface area (Å²) in [5, 5.41) is 14.5. The van der Waals surface area contributed by atoms with Crippen molar-refractivity contribution in [1.29, 1.82) is 0 Å². The third-order valence-corrected chi connectivity index (χ3v) is 12.8. The Bertz CT molecular complexity index is 1270. The van der Waals surface area contributed by atoms with Gasteiger partial charge in [-0.1, -0.05) is 95.3 Å². The predicted molar refractivity (Wildman–Crippen MR) is 168 cm³/mol. The SMILES string of the molecule is CC(=O)N1C=C(c2ccccc2)N(N(C(C)=O)[C@@H](Cc2ccccc2)C(O)CO[Si](C)(C)C(C)(C)C)C(=O)[C@H]1C(C)C. The topological polar surface area (TPSA) is 90.4 Å². The molecule has 0 aliphatic carbocycles. The molecule has 0 radical (unpaired) electrons. The van der Waals surface area contributed by atoms with Crippen molar-refractivity contribution in [2.75, 3.05) is 6.61 Å². The van der Waals surface area contributed by atoms with Gasteiger partial charge in [0.15, 0.2) is 8.32 Å². The summed E-state index contributed by atoms with van der Waals surface area (Å²) in [5.41, 5.74) is 1.95. The Morgan fingerprint density at radius 1 is 1.00 bits per heavy atom. The van der Waals surface area contributed by atoms with Gasteiger partial charge in [0.1, 0.15) is 6.04 Å². The van der Waals surface area contributed by atoms with Crippen LogP contribution in [0.4, 0.5) is 0 Å². The van der Waals surface area contributed by atoms with Crippen LogP contribution in [0.25, 0.3) is 5.70 Å². The molecule has 8 nitrogen and oxygen atoms in total. The van der Waals surface area contributed by atoms with Gasteiger partial charge in [0, 0.05) is 25.6 Å². The molecule has 3 amide bonds. The molecule has 0 spiro atoms. The second-order valence-electron chi connectivity index (χ2n) is 12.9. The van der Waals surface area contributed by atoms with Gasteiger partial charge in [-0.15, -0.1) is 0 Å². The second-order valence-corrected chi connectivity index (χ2v) is 17.7. The minimum Gasteiger partial charge on any atom is -0.414 e. The van der Waals surface area contributed by atoms with Gasteiger partial charge in [0.25, 0.3) is 5.91 Å². The molecule has 3 atom stereocenters. The van der Waals surface area contributed by atoms with Gasteiger partial charge >= 0.3 is 0 Å². The summed E-state index contributed by atoms with van der Waals surface area (Å²) in [6, 6.07) is 17.2. The van der Waals surface area contributed by atoms with Gasteiger partial charge in [0.2, 0.25) is 11.8 Å². The fraction of sp³-hybridized carbons (Fsp3) is 0.485. The molecule has 1 heterocycles. The molecule has 0 saturated carbocycles. The number of hydrogen-bond acceptors (Lipinski definition) is 5. The first-order valence-electron chi connectivity index (χ1n) is 14.6. The molecule has 42 heavy (non-hydrogen) atoms. The lowest BCUT2D eigenvalue weighted by atomic mass is 9.96. The van der Waals surface area contributed by atoms with Crippen LogP contribution < -0.4 is 0 Å². The van der Waals surface area contributed by atoms with Crippen LogP contribution in [0.1, 0.15) is 59.6 Å². The highest BCUT2D eigenvalue weighted by Gasteiger charge is 2.46. The number of carbonyl (C=O) groups is 3. The van der Waals surface area contributed by atoms with Gasteiger partial charge in [-0.05, 0) is 36.0 Å². The van der Waals surface area contributed by atoms with Crippen molar-refractivity contribution < 1.29 is 23.9 Å². The lowest BCUT2D eigenvalue weighted by Gasteiger charge is -2.48. The first-order valence-corrected chi connectivity index (χ1v) is 17.5. The summed E-state index contributed by atoms with van der Waals surface area (Å²) in [5.74, 6) is -1.32. The van der Waals surface area contributed by atoms with Crippen LogP contribution in [0.2, 0.25) is 18.1 Å². The maximum Gasteiger partial charge on any atom is 0.269 e. The summed E-state index contributed by atoms with van der Waals surface area (Å²) in [6.07, 6.45) is 0.839. The van der Waals surface area contributed by atoms with Crippen molar-refractivity contribution in [3.8, 4) is 0 Å². The Balaban J connectivity index is 2.19. The molecule has 0 aromatic heterocycles. The second kappa shape index (κ2) is 13.4. The van der Waals surface area contributed by atoms with Crippen LogP contribution in [0, 0.1) is 5.92 Å². The summed E-state index contributed by atoms with van der Waals surface area (Å²) < 4.78 is 6.42. The highest BCUT2D eigenvalue weighted by Crippen LogP contribution is 2.37. The largest absolute Gasteiger partial charge is 0.414 e. The monoisotopic (exact) mass is 593 g/mol. The van der Waals surface area contributed by atoms with E-state index in [-0.39, 0.29) is 29.9 Å². The Hall–Kier alpha value is -3.27. The smallest absolute Gasteiger partial charge is 0.269 e. The molecular weight excluding hydrogens is 546 g/mol. The van der Waals surface area contributed by atoms with E-state index in [4.69, 9.17) is 4.43 Å². The van der Waals surface area contributed by atoms with E-state index in [0.717, 1.165) is 5.56 Å². The van der Waals surface area contributed by atoms with Crippen LogP contribution >= 0.6 is 0 Å². The summed E-state index contributed by atoms with van der Waals surface area (Å²) >= 11 is 0. The summed E-state index contributed by atoms with van der Waals surface area (Å²) in [4.78, 5) is 42.3. The molecule has 2 aromatic carbocycles. The van der Waals surface area contributed by atoms with Gasteiger partial charge in [-0.25, -0.2) is 10.0 Å². The molecule has 1 unspecified atom stereocenters. The quantitative estimate of drug-likeness (QED) is 0.370. The minimum atomic E-state index is -2.23. The fourth-order valence-electron chi connectivity index (χ4n) is 4.94. The molecule has 1 aliphatic rings. The minimum absolute atomic E-state index is 0.0113. The third-order valence-electron chi connectivity index (χ3n) is 8.32. The van der Waals surface area contributed by atoms with E-state index >= 15 is 0 Å². The van der Waals surface area contributed by atoms with Gasteiger partial charge in [-0.2, -0.15) is 0 Å². The number of aliphatic hydroxyl groups is 1.